The fraction of sp³-hybridized carbons (Fsp3) is 0.167. The number of ether oxygens (including phenoxy) is 1. The van der Waals surface area contributed by atoms with Crippen molar-refractivity contribution in [2.24, 2.45) is 0 Å². The van der Waals surface area contributed by atoms with Gasteiger partial charge in [0.2, 0.25) is 27.6 Å². The van der Waals surface area contributed by atoms with Crippen molar-refractivity contribution in [2.45, 2.75) is 13.5 Å². The Hall–Kier alpha value is -3.04. The lowest BCUT2D eigenvalue weighted by atomic mass is 10.2. The molecule has 0 aliphatic heterocycles. The molecule has 140 valence electrons. The molecule has 3 aromatic rings. The van der Waals surface area contributed by atoms with E-state index in [1.807, 2.05) is 25.1 Å². The molecular formula is C18H18N4O4S. The second-order valence-corrected chi connectivity index (χ2v) is 7.06. The molecule has 0 aliphatic rings. The minimum Gasteiger partial charge on any atom is -0.478 e. The third-order valence-corrected chi connectivity index (χ3v) is 4.46. The second kappa shape index (κ2) is 8.56. The van der Waals surface area contributed by atoms with Crippen LogP contribution in [0.15, 0.2) is 58.6 Å². The number of hydrogen-bond donors (Lipinski definition) is 1. The van der Waals surface area contributed by atoms with Gasteiger partial charge in [-0.2, -0.15) is 4.98 Å². The summed E-state index contributed by atoms with van der Waals surface area (Å²) in [5, 5.41) is 4.93. The first-order chi connectivity index (χ1) is 13.1. The molecule has 9 heteroatoms. The Morgan fingerprint density at radius 3 is 2.70 bits per heavy atom. The monoisotopic (exact) mass is 386 g/mol. The smallest absolute Gasteiger partial charge is 0.242 e. The predicted octanol–water partition coefficient (Wildman–Crippen LogP) is 2.62. The maximum absolute atomic E-state index is 12.0. The van der Waals surface area contributed by atoms with Gasteiger partial charge in [-0.1, -0.05) is 35.5 Å². The van der Waals surface area contributed by atoms with Crippen molar-refractivity contribution < 1.29 is 17.7 Å². The molecule has 0 saturated heterocycles. The van der Waals surface area contributed by atoms with Crippen molar-refractivity contribution >= 4 is 16.1 Å². The fourth-order valence-electron chi connectivity index (χ4n) is 2.13. The molecule has 0 fully saturated rings. The third-order valence-electron chi connectivity index (χ3n) is 3.42. The van der Waals surface area contributed by atoms with E-state index in [0.29, 0.717) is 23.9 Å². The van der Waals surface area contributed by atoms with Crippen LogP contribution in [0.25, 0.3) is 17.5 Å². The van der Waals surface area contributed by atoms with Gasteiger partial charge in [0.25, 0.3) is 0 Å². The summed E-state index contributed by atoms with van der Waals surface area (Å²) in [6.07, 6.45) is 3.07. The lowest BCUT2D eigenvalue weighted by molar-refractivity contribution is 0.327. The Morgan fingerprint density at radius 2 is 2.00 bits per heavy atom. The van der Waals surface area contributed by atoms with Crippen LogP contribution in [-0.2, 0) is 16.6 Å². The third kappa shape index (κ3) is 5.47. The van der Waals surface area contributed by atoms with Crippen LogP contribution in [0.3, 0.4) is 0 Å². The summed E-state index contributed by atoms with van der Waals surface area (Å²) in [5.74, 6) is 0.970. The number of nitrogens with zero attached hydrogens (tertiary/aromatic N) is 3. The van der Waals surface area contributed by atoms with Crippen molar-refractivity contribution in [1.29, 1.82) is 0 Å². The first-order valence-corrected chi connectivity index (χ1v) is 9.75. The van der Waals surface area contributed by atoms with Gasteiger partial charge in [0, 0.05) is 23.2 Å². The van der Waals surface area contributed by atoms with E-state index in [0.717, 1.165) is 11.0 Å². The topological polar surface area (TPSA) is 107 Å². The summed E-state index contributed by atoms with van der Waals surface area (Å²) in [4.78, 5) is 8.30. The van der Waals surface area contributed by atoms with Gasteiger partial charge in [0.1, 0.15) is 0 Å². The van der Waals surface area contributed by atoms with E-state index >= 15 is 0 Å². The highest BCUT2D eigenvalue weighted by Gasteiger charge is 2.12. The van der Waals surface area contributed by atoms with E-state index in [1.165, 1.54) is 6.08 Å². The molecule has 0 atom stereocenters. The summed E-state index contributed by atoms with van der Waals surface area (Å²) < 4.78 is 36.8. The molecule has 0 unspecified atom stereocenters. The first kappa shape index (κ1) is 18.7. The summed E-state index contributed by atoms with van der Waals surface area (Å²) >= 11 is 0. The highest BCUT2D eigenvalue weighted by Crippen LogP contribution is 2.17. The molecule has 0 amide bonds. The predicted molar refractivity (Wildman–Crippen MR) is 99.9 cm³/mol. The van der Waals surface area contributed by atoms with Crippen LogP contribution < -0.4 is 9.46 Å². The summed E-state index contributed by atoms with van der Waals surface area (Å²) in [6, 6.07) is 12.6. The first-order valence-electron chi connectivity index (χ1n) is 8.20. The van der Waals surface area contributed by atoms with Crippen LogP contribution in [0.2, 0.25) is 0 Å². The Labute approximate surface area is 157 Å². The largest absolute Gasteiger partial charge is 0.478 e. The van der Waals surface area contributed by atoms with Crippen molar-refractivity contribution in [3.8, 4) is 17.3 Å². The lowest BCUT2D eigenvalue weighted by Gasteiger charge is -2.01. The van der Waals surface area contributed by atoms with Crippen LogP contribution in [0.5, 0.6) is 5.88 Å². The van der Waals surface area contributed by atoms with E-state index in [4.69, 9.17) is 9.26 Å². The maximum atomic E-state index is 12.0. The molecule has 2 aromatic heterocycles. The van der Waals surface area contributed by atoms with Crippen LogP contribution in [0.1, 0.15) is 18.4 Å². The van der Waals surface area contributed by atoms with Crippen LogP contribution in [0, 0.1) is 0 Å². The Bertz CT molecular complexity index is 999. The van der Waals surface area contributed by atoms with Gasteiger partial charge in [-0.05, 0) is 24.6 Å². The summed E-state index contributed by atoms with van der Waals surface area (Å²) in [5.41, 5.74) is 1.42. The Kier molecular flexibility index (Phi) is 5.94. The highest BCUT2D eigenvalue weighted by molar-refractivity contribution is 7.92. The molecular weight excluding hydrogens is 368 g/mol. The SMILES string of the molecule is CCOc1ccc(-c2noc(CNS(=O)(=O)C=Cc3ccccc3)n2)cn1. The van der Waals surface area contributed by atoms with Crippen LogP contribution in [-0.4, -0.2) is 30.1 Å². The molecule has 27 heavy (non-hydrogen) atoms. The number of aromatic nitrogens is 3. The number of hydrogen-bond acceptors (Lipinski definition) is 7. The van der Waals surface area contributed by atoms with Crippen molar-refractivity contribution in [2.75, 3.05) is 6.61 Å². The Balaban J connectivity index is 1.61. The highest BCUT2D eigenvalue weighted by atomic mass is 32.2. The van der Waals surface area contributed by atoms with Gasteiger partial charge in [-0.3, -0.25) is 0 Å². The minimum absolute atomic E-state index is 0.112. The number of sulfonamides is 1. The molecule has 1 N–H and O–H groups in total. The number of pyridine rings is 1. The zero-order valence-corrected chi connectivity index (χ0v) is 15.4. The quantitative estimate of drug-likeness (QED) is 0.634. The van der Waals surface area contributed by atoms with Gasteiger partial charge >= 0.3 is 0 Å². The normalized spacial score (nSPS) is 11.7. The standard InChI is InChI=1S/C18H18N4O4S/c1-2-25-16-9-8-15(12-19-16)18-21-17(26-22-18)13-20-27(23,24)11-10-14-6-4-3-5-7-14/h3-12,20H,2,13H2,1H3. The van der Waals surface area contributed by atoms with Crippen LogP contribution >= 0.6 is 0 Å². The molecule has 0 spiro atoms. The van der Waals surface area contributed by atoms with Gasteiger partial charge < -0.3 is 9.26 Å². The van der Waals surface area contributed by atoms with Crippen molar-refractivity contribution in [1.82, 2.24) is 19.8 Å². The summed E-state index contributed by atoms with van der Waals surface area (Å²) in [7, 11) is -3.63. The molecule has 0 radical (unpaired) electrons. The van der Waals surface area contributed by atoms with Gasteiger partial charge in [-0.25, -0.2) is 18.1 Å². The van der Waals surface area contributed by atoms with E-state index in [-0.39, 0.29) is 12.4 Å². The molecule has 3 rings (SSSR count). The molecule has 0 aliphatic carbocycles. The van der Waals surface area contributed by atoms with Crippen molar-refractivity contribution in [3.63, 3.8) is 0 Å². The second-order valence-electron chi connectivity index (χ2n) is 5.41. The molecule has 1 aromatic carbocycles. The average molecular weight is 386 g/mol. The van der Waals surface area contributed by atoms with E-state index in [9.17, 15) is 8.42 Å². The zero-order chi connectivity index (χ0) is 19.1. The van der Waals surface area contributed by atoms with Gasteiger partial charge in [-0.15, -0.1) is 0 Å². The van der Waals surface area contributed by atoms with Gasteiger partial charge in [0.05, 0.1) is 13.2 Å². The zero-order valence-electron chi connectivity index (χ0n) is 14.6. The lowest BCUT2D eigenvalue weighted by Crippen LogP contribution is -2.20. The molecule has 0 saturated carbocycles. The number of rotatable bonds is 8. The average Bonchev–Trinajstić information content (AvgIpc) is 3.16. The minimum atomic E-state index is -3.63. The summed E-state index contributed by atoms with van der Waals surface area (Å²) in [6.45, 7) is 2.29. The fourth-order valence-corrected chi connectivity index (χ4v) is 2.89. The van der Waals surface area contributed by atoms with Gasteiger partial charge in [0.15, 0.2) is 0 Å². The maximum Gasteiger partial charge on any atom is 0.242 e. The van der Waals surface area contributed by atoms with Crippen molar-refractivity contribution in [3.05, 3.63) is 65.5 Å². The molecule has 0 bridgehead atoms. The number of nitrogens with one attached hydrogen (secondary N) is 1. The Morgan fingerprint density at radius 1 is 1.19 bits per heavy atom. The van der Waals surface area contributed by atoms with E-state index in [2.05, 4.69) is 19.8 Å². The van der Waals surface area contributed by atoms with E-state index < -0.39 is 10.0 Å². The molecule has 8 nitrogen and oxygen atoms in total. The molecule has 2 heterocycles. The number of benzene rings is 1. The van der Waals surface area contributed by atoms with E-state index in [1.54, 1.807) is 30.5 Å². The van der Waals surface area contributed by atoms with Crippen LogP contribution in [0.4, 0.5) is 0 Å².